The molecule has 1 aliphatic rings. The maximum absolute atomic E-state index is 12.2. The number of nitrogens with one attached hydrogen (secondary N) is 1. The average Bonchev–Trinajstić information content (AvgIpc) is 3.05. The molecule has 0 radical (unpaired) electrons. The van der Waals surface area contributed by atoms with Crippen molar-refractivity contribution in [3.8, 4) is 11.3 Å². The molecular formula is C17H17N5O2. The molecule has 1 fully saturated rings. The predicted octanol–water partition coefficient (Wildman–Crippen LogP) is 1.42. The Hall–Kier alpha value is -2.96. The maximum atomic E-state index is 12.2. The van der Waals surface area contributed by atoms with Gasteiger partial charge in [-0.25, -0.2) is 4.52 Å². The lowest BCUT2D eigenvalue weighted by molar-refractivity contribution is -0.119. The summed E-state index contributed by atoms with van der Waals surface area (Å²) in [6.45, 7) is 1.41. The minimum atomic E-state index is -0.145. The van der Waals surface area contributed by atoms with Crippen LogP contribution in [0.2, 0.25) is 0 Å². The van der Waals surface area contributed by atoms with E-state index in [0.29, 0.717) is 18.7 Å². The molecule has 1 amide bonds. The van der Waals surface area contributed by atoms with Crippen LogP contribution in [0.4, 0.5) is 0 Å². The maximum Gasteiger partial charge on any atom is 0.251 e. The van der Waals surface area contributed by atoms with Crippen molar-refractivity contribution in [2.45, 2.75) is 18.8 Å². The van der Waals surface area contributed by atoms with Crippen molar-refractivity contribution in [1.82, 2.24) is 24.5 Å². The van der Waals surface area contributed by atoms with Crippen molar-refractivity contribution in [3.63, 3.8) is 0 Å². The summed E-state index contributed by atoms with van der Waals surface area (Å²) >= 11 is 0. The van der Waals surface area contributed by atoms with Gasteiger partial charge in [-0.1, -0.05) is 6.07 Å². The van der Waals surface area contributed by atoms with Crippen LogP contribution in [0, 0.1) is 0 Å². The fourth-order valence-electron chi connectivity index (χ4n) is 3.31. The van der Waals surface area contributed by atoms with E-state index in [1.165, 1.54) is 0 Å². The SMILES string of the molecule is O=CN1CCC(c2cc(=O)[nH]c3c(-c4ccccn4)cnn23)CC1. The minimum absolute atomic E-state index is 0.145. The summed E-state index contributed by atoms with van der Waals surface area (Å²) in [6, 6.07) is 7.27. The van der Waals surface area contributed by atoms with Gasteiger partial charge in [-0.3, -0.25) is 14.6 Å². The molecule has 1 N–H and O–H groups in total. The molecule has 1 aliphatic heterocycles. The lowest BCUT2D eigenvalue weighted by Crippen LogP contribution is -2.32. The molecule has 0 aromatic carbocycles. The zero-order chi connectivity index (χ0) is 16.5. The summed E-state index contributed by atoms with van der Waals surface area (Å²) in [6.07, 6.45) is 6.00. The number of fused-ring (bicyclic) bond motifs is 1. The monoisotopic (exact) mass is 323 g/mol. The third kappa shape index (κ3) is 2.47. The third-order valence-electron chi connectivity index (χ3n) is 4.57. The molecule has 0 aliphatic carbocycles. The van der Waals surface area contributed by atoms with E-state index < -0.39 is 0 Å². The summed E-state index contributed by atoms with van der Waals surface area (Å²) in [4.78, 5) is 32.0. The van der Waals surface area contributed by atoms with Crippen LogP contribution < -0.4 is 5.56 Å². The second-order valence-electron chi connectivity index (χ2n) is 6.01. The molecule has 7 heteroatoms. The van der Waals surface area contributed by atoms with Crippen LogP contribution in [0.5, 0.6) is 0 Å². The molecule has 1 saturated heterocycles. The Labute approximate surface area is 138 Å². The molecule has 4 heterocycles. The average molecular weight is 323 g/mol. The summed E-state index contributed by atoms with van der Waals surface area (Å²) < 4.78 is 1.80. The van der Waals surface area contributed by atoms with Crippen molar-refractivity contribution < 1.29 is 4.79 Å². The number of carbonyl (C=O) groups excluding carboxylic acids is 1. The van der Waals surface area contributed by atoms with Crippen molar-refractivity contribution in [2.75, 3.05) is 13.1 Å². The van der Waals surface area contributed by atoms with E-state index in [1.807, 2.05) is 18.2 Å². The summed E-state index contributed by atoms with van der Waals surface area (Å²) in [7, 11) is 0. The molecule has 122 valence electrons. The first-order valence-electron chi connectivity index (χ1n) is 7.98. The second kappa shape index (κ2) is 5.92. The number of H-pyrrole nitrogens is 1. The molecule has 3 aromatic heterocycles. The fraction of sp³-hybridized carbons (Fsp3) is 0.294. The number of piperidine rings is 1. The van der Waals surface area contributed by atoms with Crippen LogP contribution in [-0.2, 0) is 4.79 Å². The quantitative estimate of drug-likeness (QED) is 0.739. The number of hydrogen-bond acceptors (Lipinski definition) is 4. The van der Waals surface area contributed by atoms with Gasteiger partial charge in [-0.15, -0.1) is 0 Å². The number of rotatable bonds is 3. The van der Waals surface area contributed by atoms with Gasteiger partial charge in [0.1, 0.15) is 5.65 Å². The lowest BCUT2D eigenvalue weighted by Gasteiger charge is -2.29. The molecule has 0 bridgehead atoms. The van der Waals surface area contributed by atoms with Gasteiger partial charge in [-0.2, -0.15) is 5.10 Å². The number of nitrogens with zero attached hydrogens (tertiary/aromatic N) is 4. The van der Waals surface area contributed by atoms with Crippen molar-refractivity contribution >= 4 is 12.1 Å². The highest BCUT2D eigenvalue weighted by atomic mass is 16.1. The molecular weight excluding hydrogens is 306 g/mol. The minimum Gasteiger partial charge on any atom is -0.345 e. The van der Waals surface area contributed by atoms with Gasteiger partial charge in [0.05, 0.1) is 23.1 Å². The Bertz CT molecular complexity index is 923. The third-order valence-corrected chi connectivity index (χ3v) is 4.57. The zero-order valence-corrected chi connectivity index (χ0v) is 13.1. The molecule has 7 nitrogen and oxygen atoms in total. The van der Waals surface area contributed by atoms with E-state index in [9.17, 15) is 9.59 Å². The Morgan fingerprint density at radius 2 is 2.08 bits per heavy atom. The second-order valence-corrected chi connectivity index (χ2v) is 6.01. The Kier molecular flexibility index (Phi) is 3.60. The molecule has 0 unspecified atom stereocenters. The smallest absolute Gasteiger partial charge is 0.251 e. The highest BCUT2D eigenvalue weighted by molar-refractivity contribution is 5.74. The van der Waals surface area contributed by atoms with Gasteiger partial charge in [0.2, 0.25) is 6.41 Å². The van der Waals surface area contributed by atoms with Gasteiger partial charge in [0, 0.05) is 31.3 Å². The van der Waals surface area contributed by atoms with E-state index in [-0.39, 0.29) is 11.5 Å². The zero-order valence-electron chi connectivity index (χ0n) is 13.1. The van der Waals surface area contributed by atoms with Gasteiger partial charge in [0.25, 0.3) is 5.56 Å². The number of carbonyl (C=O) groups is 1. The first-order valence-corrected chi connectivity index (χ1v) is 7.98. The van der Waals surface area contributed by atoms with E-state index >= 15 is 0 Å². The van der Waals surface area contributed by atoms with Crippen molar-refractivity contribution in [2.24, 2.45) is 0 Å². The predicted molar refractivity (Wildman–Crippen MR) is 88.7 cm³/mol. The van der Waals surface area contributed by atoms with E-state index in [1.54, 1.807) is 27.9 Å². The first kappa shape index (κ1) is 14.6. The van der Waals surface area contributed by atoms with Crippen molar-refractivity contribution in [1.29, 1.82) is 0 Å². The lowest BCUT2D eigenvalue weighted by atomic mass is 9.93. The largest absolute Gasteiger partial charge is 0.345 e. The number of amides is 1. The fourth-order valence-corrected chi connectivity index (χ4v) is 3.31. The molecule has 0 saturated carbocycles. The van der Waals surface area contributed by atoms with Crippen LogP contribution in [0.3, 0.4) is 0 Å². The number of likely N-dealkylation sites (tertiary alicyclic amines) is 1. The Morgan fingerprint density at radius 1 is 1.25 bits per heavy atom. The summed E-state index contributed by atoms with van der Waals surface area (Å²) in [5, 5.41) is 4.47. The summed E-state index contributed by atoms with van der Waals surface area (Å²) in [5.41, 5.74) is 2.99. The molecule has 4 rings (SSSR count). The Morgan fingerprint density at radius 3 is 2.79 bits per heavy atom. The number of pyridine rings is 1. The van der Waals surface area contributed by atoms with Crippen molar-refractivity contribution in [3.05, 3.63) is 52.7 Å². The van der Waals surface area contributed by atoms with E-state index in [2.05, 4.69) is 15.1 Å². The highest BCUT2D eigenvalue weighted by Gasteiger charge is 2.23. The molecule has 3 aromatic rings. The van der Waals surface area contributed by atoms with Crippen LogP contribution in [-0.4, -0.2) is 44.0 Å². The van der Waals surface area contributed by atoms with Gasteiger partial charge < -0.3 is 9.88 Å². The Balaban J connectivity index is 1.79. The first-order chi connectivity index (χ1) is 11.8. The van der Waals surface area contributed by atoms with Crippen LogP contribution in [0.25, 0.3) is 16.9 Å². The van der Waals surface area contributed by atoms with Crippen LogP contribution >= 0.6 is 0 Å². The van der Waals surface area contributed by atoms with Crippen LogP contribution in [0.1, 0.15) is 24.5 Å². The van der Waals surface area contributed by atoms with E-state index in [0.717, 1.165) is 36.2 Å². The number of aromatic amines is 1. The number of aromatic nitrogens is 4. The van der Waals surface area contributed by atoms with Gasteiger partial charge >= 0.3 is 0 Å². The number of hydrogen-bond donors (Lipinski definition) is 1. The molecule has 24 heavy (non-hydrogen) atoms. The normalized spacial score (nSPS) is 15.8. The van der Waals surface area contributed by atoms with Gasteiger partial charge in [0.15, 0.2) is 0 Å². The standard InChI is InChI=1S/C17H17N5O2/c23-11-21-7-4-12(5-8-21)15-9-16(24)20-17-13(10-19-22(15)17)14-3-1-2-6-18-14/h1-3,6,9-12H,4-5,7-8H2,(H,20,24). The van der Waals surface area contributed by atoms with E-state index in [4.69, 9.17) is 0 Å². The highest BCUT2D eigenvalue weighted by Crippen LogP contribution is 2.29. The summed E-state index contributed by atoms with van der Waals surface area (Å²) in [5.74, 6) is 0.211. The topological polar surface area (TPSA) is 83.4 Å². The van der Waals surface area contributed by atoms with Crippen LogP contribution in [0.15, 0.2) is 41.5 Å². The van der Waals surface area contributed by atoms with Gasteiger partial charge in [-0.05, 0) is 25.0 Å². The molecule has 0 atom stereocenters. The molecule has 0 spiro atoms.